The Labute approximate surface area is 117 Å². The summed E-state index contributed by atoms with van der Waals surface area (Å²) in [6.07, 6.45) is 0. The molecule has 0 unspecified atom stereocenters. The predicted molar refractivity (Wildman–Crippen MR) is 80.2 cm³/mol. The van der Waals surface area contributed by atoms with Crippen LogP contribution in [0.15, 0.2) is 29.1 Å². The highest BCUT2D eigenvalue weighted by Gasteiger charge is 2.15. The molecule has 0 saturated heterocycles. The second kappa shape index (κ2) is 4.34. The van der Waals surface area contributed by atoms with Gasteiger partial charge in [0.1, 0.15) is 0 Å². The van der Waals surface area contributed by atoms with Gasteiger partial charge in [-0.05, 0) is 33.3 Å². The van der Waals surface area contributed by atoms with Crippen molar-refractivity contribution in [3.63, 3.8) is 0 Å². The Morgan fingerprint density at radius 3 is 2.35 bits per heavy atom. The van der Waals surface area contributed by atoms with Crippen LogP contribution >= 0.6 is 0 Å². The quantitative estimate of drug-likeness (QED) is 0.737. The van der Waals surface area contributed by atoms with Gasteiger partial charge < -0.3 is 0 Å². The molecule has 2 aromatic heterocycles. The molecular weight excluding hydrogens is 250 g/mol. The van der Waals surface area contributed by atoms with Crippen molar-refractivity contribution < 1.29 is 0 Å². The Morgan fingerprint density at radius 1 is 1.05 bits per heavy atom. The van der Waals surface area contributed by atoms with Crippen molar-refractivity contribution in [1.82, 2.24) is 14.6 Å². The van der Waals surface area contributed by atoms with Gasteiger partial charge in [0.15, 0.2) is 5.65 Å². The summed E-state index contributed by atoms with van der Waals surface area (Å²) in [5, 5.41) is 3.12. The van der Waals surface area contributed by atoms with Gasteiger partial charge in [0, 0.05) is 22.5 Å². The van der Waals surface area contributed by atoms with Gasteiger partial charge in [-0.15, -0.1) is 0 Å². The molecule has 1 N–H and O–H groups in total. The van der Waals surface area contributed by atoms with Gasteiger partial charge in [-0.3, -0.25) is 9.89 Å². The number of aromatic nitrogens is 3. The maximum atomic E-state index is 12.3. The number of fused-ring (bicyclic) bond motifs is 1. The van der Waals surface area contributed by atoms with Crippen molar-refractivity contribution in [3.8, 4) is 11.1 Å². The minimum absolute atomic E-state index is 0.0334. The molecule has 0 aliphatic heterocycles. The van der Waals surface area contributed by atoms with Crippen molar-refractivity contribution >= 4 is 5.65 Å². The molecule has 0 aliphatic rings. The lowest BCUT2D eigenvalue weighted by Gasteiger charge is -2.03. The molecule has 0 amide bonds. The van der Waals surface area contributed by atoms with E-state index in [1.807, 2.05) is 13.8 Å². The lowest BCUT2D eigenvalue weighted by molar-refractivity contribution is 0.859. The van der Waals surface area contributed by atoms with Crippen LogP contribution in [0, 0.1) is 27.7 Å². The molecule has 0 radical (unpaired) electrons. The summed E-state index contributed by atoms with van der Waals surface area (Å²) in [5.74, 6) is 0. The molecule has 4 heteroatoms. The normalized spacial score (nSPS) is 11.2. The third kappa shape index (κ3) is 1.76. The van der Waals surface area contributed by atoms with Crippen molar-refractivity contribution in [2.75, 3.05) is 0 Å². The molecule has 2 heterocycles. The third-order valence-electron chi connectivity index (χ3n) is 3.77. The van der Waals surface area contributed by atoms with Crippen LogP contribution in [0.5, 0.6) is 0 Å². The summed E-state index contributed by atoms with van der Waals surface area (Å²) in [7, 11) is 0. The largest absolute Gasteiger partial charge is 0.293 e. The van der Waals surface area contributed by atoms with Crippen molar-refractivity contribution in [3.05, 3.63) is 57.1 Å². The van der Waals surface area contributed by atoms with Crippen LogP contribution in [-0.4, -0.2) is 14.6 Å². The molecule has 0 bridgehead atoms. The number of aryl methyl sites for hydroxylation is 3. The number of H-pyrrole nitrogens is 1. The molecule has 0 atom stereocenters. The van der Waals surface area contributed by atoms with Gasteiger partial charge in [-0.25, -0.2) is 9.50 Å². The van der Waals surface area contributed by atoms with E-state index >= 15 is 0 Å². The lowest BCUT2D eigenvalue weighted by atomic mass is 10.0. The first-order chi connectivity index (χ1) is 9.49. The van der Waals surface area contributed by atoms with Gasteiger partial charge in [0.2, 0.25) is 0 Å². The first kappa shape index (κ1) is 12.7. The topological polar surface area (TPSA) is 50.2 Å². The zero-order valence-electron chi connectivity index (χ0n) is 12.1. The molecule has 1 aromatic carbocycles. The van der Waals surface area contributed by atoms with Gasteiger partial charge in [0.05, 0.1) is 0 Å². The Balaban J connectivity index is 2.39. The molecule has 0 fully saturated rings. The van der Waals surface area contributed by atoms with Crippen molar-refractivity contribution in [2.24, 2.45) is 0 Å². The number of aromatic amines is 1. The number of nitrogens with one attached hydrogen (secondary N) is 1. The van der Waals surface area contributed by atoms with E-state index in [4.69, 9.17) is 0 Å². The molecule has 102 valence electrons. The fourth-order valence-electron chi connectivity index (χ4n) is 2.44. The molecule has 3 rings (SSSR count). The molecule has 3 aromatic rings. The lowest BCUT2D eigenvalue weighted by Crippen LogP contribution is -2.19. The summed E-state index contributed by atoms with van der Waals surface area (Å²) < 4.78 is 1.53. The van der Waals surface area contributed by atoms with Crippen LogP contribution in [0.3, 0.4) is 0 Å². The van der Waals surface area contributed by atoms with E-state index < -0.39 is 0 Å². The van der Waals surface area contributed by atoms with Crippen LogP contribution in [0.2, 0.25) is 0 Å². The average Bonchev–Trinajstić information content (AvgIpc) is 2.74. The maximum Gasteiger partial charge on any atom is 0.275 e. The zero-order chi connectivity index (χ0) is 14.4. The molecule has 0 saturated carbocycles. The van der Waals surface area contributed by atoms with E-state index in [0.29, 0.717) is 11.2 Å². The monoisotopic (exact) mass is 267 g/mol. The Morgan fingerprint density at radius 2 is 1.70 bits per heavy atom. The second-order valence-corrected chi connectivity index (χ2v) is 5.26. The standard InChI is InChI=1S/C16H17N3O/c1-9-5-7-13(8-6-9)14-12(4)18-19-15(14)17-11(3)10(2)16(19)20/h5-8,18H,1-4H3. The van der Waals surface area contributed by atoms with E-state index in [-0.39, 0.29) is 5.56 Å². The summed E-state index contributed by atoms with van der Waals surface area (Å²) >= 11 is 0. The Kier molecular flexibility index (Phi) is 2.74. The maximum absolute atomic E-state index is 12.3. The highest BCUT2D eigenvalue weighted by Crippen LogP contribution is 2.26. The minimum Gasteiger partial charge on any atom is -0.293 e. The second-order valence-electron chi connectivity index (χ2n) is 5.26. The van der Waals surface area contributed by atoms with Gasteiger partial charge in [-0.1, -0.05) is 29.8 Å². The third-order valence-corrected chi connectivity index (χ3v) is 3.77. The molecule has 4 nitrogen and oxygen atoms in total. The van der Waals surface area contributed by atoms with E-state index in [1.165, 1.54) is 10.1 Å². The fourth-order valence-corrected chi connectivity index (χ4v) is 2.44. The van der Waals surface area contributed by atoms with E-state index in [0.717, 1.165) is 22.5 Å². The van der Waals surface area contributed by atoms with Crippen LogP contribution in [0.1, 0.15) is 22.5 Å². The fraction of sp³-hybridized carbons (Fsp3) is 0.250. The Hall–Kier alpha value is -2.36. The Bertz CT molecular complexity index is 854. The van der Waals surface area contributed by atoms with E-state index in [2.05, 4.69) is 41.3 Å². The van der Waals surface area contributed by atoms with Crippen molar-refractivity contribution in [2.45, 2.75) is 27.7 Å². The number of nitrogens with zero attached hydrogens (tertiary/aromatic N) is 2. The molecular formula is C16H17N3O. The highest BCUT2D eigenvalue weighted by molar-refractivity contribution is 5.79. The summed E-state index contributed by atoms with van der Waals surface area (Å²) in [5.41, 5.74) is 6.34. The summed E-state index contributed by atoms with van der Waals surface area (Å²) in [6.45, 7) is 7.70. The van der Waals surface area contributed by atoms with Crippen LogP contribution in [-0.2, 0) is 0 Å². The van der Waals surface area contributed by atoms with Crippen LogP contribution in [0.25, 0.3) is 16.8 Å². The number of hydrogen-bond acceptors (Lipinski definition) is 2. The number of benzene rings is 1. The number of hydrogen-bond donors (Lipinski definition) is 1. The smallest absolute Gasteiger partial charge is 0.275 e. The highest BCUT2D eigenvalue weighted by atomic mass is 16.1. The van der Waals surface area contributed by atoms with Gasteiger partial charge >= 0.3 is 0 Å². The van der Waals surface area contributed by atoms with E-state index in [1.54, 1.807) is 6.92 Å². The summed E-state index contributed by atoms with van der Waals surface area (Å²) in [4.78, 5) is 16.9. The van der Waals surface area contributed by atoms with Crippen molar-refractivity contribution in [1.29, 1.82) is 0 Å². The zero-order valence-corrected chi connectivity index (χ0v) is 12.1. The van der Waals surface area contributed by atoms with Gasteiger partial charge in [0.25, 0.3) is 5.56 Å². The van der Waals surface area contributed by atoms with Crippen LogP contribution < -0.4 is 5.56 Å². The minimum atomic E-state index is -0.0334. The van der Waals surface area contributed by atoms with Crippen LogP contribution in [0.4, 0.5) is 0 Å². The first-order valence-electron chi connectivity index (χ1n) is 6.64. The molecule has 0 aliphatic carbocycles. The molecule has 20 heavy (non-hydrogen) atoms. The predicted octanol–water partition coefficient (Wildman–Crippen LogP) is 2.92. The molecule has 0 spiro atoms. The average molecular weight is 267 g/mol. The SMILES string of the molecule is Cc1ccc(-c2c(C)[nH]n3c(=O)c(C)c(C)nc23)cc1. The first-order valence-corrected chi connectivity index (χ1v) is 6.64. The summed E-state index contributed by atoms with van der Waals surface area (Å²) in [6, 6.07) is 8.26. The van der Waals surface area contributed by atoms with E-state index in [9.17, 15) is 4.79 Å². The number of rotatable bonds is 1. The van der Waals surface area contributed by atoms with Gasteiger partial charge in [-0.2, -0.15) is 0 Å².